The Morgan fingerprint density at radius 2 is 2.22 bits per heavy atom. The van der Waals surface area contributed by atoms with E-state index in [9.17, 15) is 9.59 Å². The Hall–Kier alpha value is -1.30. The second-order valence-corrected chi connectivity index (χ2v) is 4.68. The molecule has 0 bridgehead atoms. The van der Waals surface area contributed by atoms with Gasteiger partial charge in [-0.05, 0) is 18.8 Å². The van der Waals surface area contributed by atoms with Gasteiger partial charge in [0.2, 0.25) is 0 Å². The lowest BCUT2D eigenvalue weighted by atomic mass is 10.2. The first kappa shape index (κ1) is 14.8. The lowest BCUT2D eigenvalue weighted by molar-refractivity contribution is -0.139. The monoisotopic (exact) mass is 258 g/mol. The number of ether oxygens (including phenoxy) is 1. The molecule has 1 fully saturated rings. The molecular formula is C12H22N2O4. The number of carbonyl (C=O) groups is 2. The van der Waals surface area contributed by atoms with E-state index < -0.39 is 18.0 Å². The smallest absolute Gasteiger partial charge is 0.326 e. The molecule has 6 nitrogen and oxygen atoms in total. The van der Waals surface area contributed by atoms with Crippen LogP contribution in [0.3, 0.4) is 0 Å². The number of aliphatic carboxylic acids is 1. The number of methoxy groups -OCH3 is 1. The summed E-state index contributed by atoms with van der Waals surface area (Å²) in [6.07, 6.45) is 3.48. The molecule has 18 heavy (non-hydrogen) atoms. The number of carboxylic acid groups (broad SMARTS) is 1. The van der Waals surface area contributed by atoms with Crippen LogP contribution in [0.25, 0.3) is 0 Å². The molecule has 1 aliphatic carbocycles. The summed E-state index contributed by atoms with van der Waals surface area (Å²) in [5, 5.41) is 14.2. The maximum atomic E-state index is 11.6. The molecule has 2 amide bonds. The van der Waals surface area contributed by atoms with Gasteiger partial charge in [-0.2, -0.15) is 0 Å². The summed E-state index contributed by atoms with van der Waals surface area (Å²) in [5.74, 6) is -0.480. The summed E-state index contributed by atoms with van der Waals surface area (Å²) < 4.78 is 4.81. The summed E-state index contributed by atoms with van der Waals surface area (Å²) >= 11 is 0. The van der Waals surface area contributed by atoms with Crippen LogP contribution < -0.4 is 10.6 Å². The SMILES string of the molecule is CCCC1CC1NC(=O)NC(CCOC)C(=O)O. The zero-order valence-corrected chi connectivity index (χ0v) is 10.9. The van der Waals surface area contributed by atoms with Gasteiger partial charge >= 0.3 is 12.0 Å². The third-order valence-corrected chi connectivity index (χ3v) is 3.11. The van der Waals surface area contributed by atoms with Gasteiger partial charge in [-0.25, -0.2) is 9.59 Å². The van der Waals surface area contributed by atoms with Crippen molar-refractivity contribution in [2.45, 2.75) is 44.7 Å². The maximum absolute atomic E-state index is 11.6. The van der Waals surface area contributed by atoms with Crippen molar-refractivity contribution in [1.82, 2.24) is 10.6 Å². The minimum atomic E-state index is -1.04. The third-order valence-electron chi connectivity index (χ3n) is 3.11. The highest BCUT2D eigenvalue weighted by atomic mass is 16.5. The second-order valence-electron chi connectivity index (χ2n) is 4.68. The van der Waals surface area contributed by atoms with Crippen LogP contribution in [0.5, 0.6) is 0 Å². The van der Waals surface area contributed by atoms with Crippen molar-refractivity contribution in [1.29, 1.82) is 0 Å². The van der Waals surface area contributed by atoms with Gasteiger partial charge < -0.3 is 20.5 Å². The van der Waals surface area contributed by atoms with E-state index >= 15 is 0 Å². The number of hydrogen-bond donors (Lipinski definition) is 3. The lowest BCUT2D eigenvalue weighted by Gasteiger charge is -2.14. The van der Waals surface area contributed by atoms with Crippen molar-refractivity contribution in [3.8, 4) is 0 Å². The highest BCUT2D eigenvalue weighted by Gasteiger charge is 2.37. The first-order valence-electron chi connectivity index (χ1n) is 6.37. The van der Waals surface area contributed by atoms with Crippen LogP contribution in [0, 0.1) is 5.92 Å². The maximum Gasteiger partial charge on any atom is 0.326 e. The van der Waals surface area contributed by atoms with Crippen molar-refractivity contribution >= 4 is 12.0 Å². The fraction of sp³-hybridized carbons (Fsp3) is 0.833. The van der Waals surface area contributed by atoms with Gasteiger partial charge in [-0.15, -0.1) is 0 Å². The van der Waals surface area contributed by atoms with Crippen LogP contribution >= 0.6 is 0 Å². The van der Waals surface area contributed by atoms with Gasteiger partial charge in [0.1, 0.15) is 6.04 Å². The first-order valence-corrected chi connectivity index (χ1v) is 6.37. The molecule has 0 saturated heterocycles. The first-order chi connectivity index (χ1) is 8.58. The molecule has 3 atom stereocenters. The number of carboxylic acids is 1. The summed E-state index contributed by atoms with van der Waals surface area (Å²) in [6, 6.07) is -1.09. The van der Waals surface area contributed by atoms with Gasteiger partial charge in [0.25, 0.3) is 0 Å². The van der Waals surface area contributed by atoms with Crippen molar-refractivity contribution < 1.29 is 19.4 Å². The normalized spacial score (nSPS) is 23.2. The van der Waals surface area contributed by atoms with E-state index in [0.29, 0.717) is 12.5 Å². The van der Waals surface area contributed by atoms with Crippen molar-refractivity contribution in [3.63, 3.8) is 0 Å². The van der Waals surface area contributed by atoms with E-state index in [-0.39, 0.29) is 12.5 Å². The fourth-order valence-corrected chi connectivity index (χ4v) is 1.98. The summed E-state index contributed by atoms with van der Waals surface area (Å²) in [4.78, 5) is 22.5. The van der Waals surface area contributed by atoms with Crippen LogP contribution in [0.15, 0.2) is 0 Å². The van der Waals surface area contributed by atoms with E-state index in [1.165, 1.54) is 7.11 Å². The molecule has 104 valence electrons. The van der Waals surface area contributed by atoms with Crippen LogP contribution in [0.4, 0.5) is 4.79 Å². The van der Waals surface area contributed by atoms with Crippen molar-refractivity contribution in [2.75, 3.05) is 13.7 Å². The van der Waals surface area contributed by atoms with Crippen LogP contribution in [-0.4, -0.2) is 42.9 Å². The zero-order valence-electron chi connectivity index (χ0n) is 10.9. The van der Waals surface area contributed by atoms with E-state index in [1.54, 1.807) is 0 Å². The molecule has 6 heteroatoms. The van der Waals surface area contributed by atoms with E-state index in [4.69, 9.17) is 9.84 Å². The number of carbonyl (C=O) groups excluding carboxylic acids is 1. The zero-order chi connectivity index (χ0) is 13.5. The Bertz CT molecular complexity index is 296. The van der Waals surface area contributed by atoms with Crippen molar-refractivity contribution in [3.05, 3.63) is 0 Å². The molecule has 0 aliphatic heterocycles. The van der Waals surface area contributed by atoms with E-state index in [2.05, 4.69) is 17.6 Å². The minimum absolute atomic E-state index is 0.210. The molecule has 0 aromatic carbocycles. The summed E-state index contributed by atoms with van der Waals surface area (Å²) in [5.41, 5.74) is 0. The number of nitrogens with one attached hydrogen (secondary N) is 2. The van der Waals surface area contributed by atoms with Gasteiger partial charge in [0.15, 0.2) is 0 Å². The predicted molar refractivity (Wildman–Crippen MR) is 66.4 cm³/mol. The average Bonchev–Trinajstić information content (AvgIpc) is 3.02. The highest BCUT2D eigenvalue weighted by molar-refractivity contribution is 5.82. The Balaban J connectivity index is 2.27. The molecule has 0 spiro atoms. The standard InChI is InChI=1S/C12H22N2O4/c1-3-4-8-7-10(8)14-12(17)13-9(11(15)16)5-6-18-2/h8-10H,3-7H2,1-2H3,(H,15,16)(H2,13,14,17). The molecule has 0 aromatic rings. The Morgan fingerprint density at radius 3 is 2.78 bits per heavy atom. The quantitative estimate of drug-likeness (QED) is 0.605. The van der Waals surface area contributed by atoms with Crippen LogP contribution in [0.1, 0.15) is 32.6 Å². The third kappa shape index (κ3) is 4.91. The fourth-order valence-electron chi connectivity index (χ4n) is 1.98. The van der Waals surface area contributed by atoms with Crippen LogP contribution in [0.2, 0.25) is 0 Å². The average molecular weight is 258 g/mol. The Kier molecular flexibility index (Phi) is 5.91. The van der Waals surface area contributed by atoms with E-state index in [1.807, 2.05) is 0 Å². The van der Waals surface area contributed by atoms with Gasteiger partial charge in [-0.1, -0.05) is 13.3 Å². The van der Waals surface area contributed by atoms with E-state index in [0.717, 1.165) is 19.3 Å². The molecule has 1 aliphatic rings. The van der Waals surface area contributed by atoms with Crippen LogP contribution in [-0.2, 0) is 9.53 Å². The minimum Gasteiger partial charge on any atom is -0.480 e. The highest BCUT2D eigenvalue weighted by Crippen LogP contribution is 2.34. The Morgan fingerprint density at radius 1 is 1.50 bits per heavy atom. The lowest BCUT2D eigenvalue weighted by Crippen LogP contribution is -2.47. The number of rotatable bonds is 8. The number of amides is 2. The summed E-state index contributed by atoms with van der Waals surface area (Å²) in [7, 11) is 1.50. The molecule has 1 rings (SSSR count). The van der Waals surface area contributed by atoms with Gasteiger partial charge in [0, 0.05) is 26.2 Å². The molecule has 0 heterocycles. The second kappa shape index (κ2) is 7.20. The molecule has 0 radical (unpaired) electrons. The summed E-state index contributed by atoms with van der Waals surface area (Å²) in [6.45, 7) is 2.42. The molecule has 3 unspecified atom stereocenters. The molecule has 1 saturated carbocycles. The number of urea groups is 1. The molecule has 0 aromatic heterocycles. The van der Waals surface area contributed by atoms with Crippen molar-refractivity contribution in [2.24, 2.45) is 5.92 Å². The Labute approximate surface area is 107 Å². The predicted octanol–water partition coefficient (Wildman–Crippen LogP) is 0.964. The number of hydrogen-bond acceptors (Lipinski definition) is 3. The van der Waals surface area contributed by atoms with Gasteiger partial charge in [0.05, 0.1) is 0 Å². The topological polar surface area (TPSA) is 87.7 Å². The molecular weight excluding hydrogens is 236 g/mol. The van der Waals surface area contributed by atoms with Gasteiger partial charge in [-0.3, -0.25) is 0 Å². The molecule has 3 N–H and O–H groups in total. The largest absolute Gasteiger partial charge is 0.480 e.